The quantitative estimate of drug-likeness (QED) is 0.587. The minimum absolute atomic E-state index is 0.0333. The molecule has 0 bridgehead atoms. The second-order valence-electron chi connectivity index (χ2n) is 7.26. The summed E-state index contributed by atoms with van der Waals surface area (Å²) in [6.07, 6.45) is -14.5. The third-order valence-corrected chi connectivity index (χ3v) is 5.23. The van der Waals surface area contributed by atoms with Crippen molar-refractivity contribution in [2.45, 2.75) is 31.6 Å². The third-order valence-electron chi connectivity index (χ3n) is 4.94. The van der Waals surface area contributed by atoms with Crippen LogP contribution in [0.3, 0.4) is 0 Å². The van der Waals surface area contributed by atoms with Crippen molar-refractivity contribution in [3.63, 3.8) is 0 Å². The Kier molecular flexibility index (Phi) is 6.69. The molecule has 1 N–H and O–H groups in total. The Labute approximate surface area is 193 Å². The van der Waals surface area contributed by atoms with E-state index in [0.717, 1.165) is 12.1 Å². The number of halogens is 7. The van der Waals surface area contributed by atoms with Gasteiger partial charge in [0.2, 0.25) is 6.23 Å². The zero-order chi connectivity index (χ0) is 25.4. The Morgan fingerprint density at radius 2 is 1.82 bits per heavy atom. The highest BCUT2D eigenvalue weighted by atomic mass is 35.5. The smallest absolute Gasteiger partial charge is 0.335 e. The van der Waals surface area contributed by atoms with Crippen molar-refractivity contribution in [2.75, 3.05) is 16.8 Å². The maximum absolute atomic E-state index is 13.6. The highest BCUT2D eigenvalue weighted by Crippen LogP contribution is 2.39. The molecule has 178 valence electrons. The Morgan fingerprint density at radius 1 is 1.15 bits per heavy atom. The topological polar surface area (TPSA) is 89.2 Å². The number of rotatable bonds is 3. The van der Waals surface area contributed by atoms with E-state index in [1.165, 1.54) is 25.1 Å². The summed E-state index contributed by atoms with van der Waals surface area (Å²) in [4.78, 5) is 13.1. The van der Waals surface area contributed by atoms with Crippen LogP contribution in [0.2, 0.25) is 5.02 Å². The summed E-state index contributed by atoms with van der Waals surface area (Å²) in [6.45, 7) is 0.782. The van der Waals surface area contributed by atoms with Gasteiger partial charge in [0.05, 0.1) is 46.1 Å². The van der Waals surface area contributed by atoms with E-state index in [2.05, 4.69) is 5.32 Å². The highest BCUT2D eigenvalue weighted by molar-refractivity contribution is 6.34. The monoisotopic (exact) mass is 502 g/mol. The lowest BCUT2D eigenvalue weighted by molar-refractivity contribution is -0.212. The van der Waals surface area contributed by atoms with Crippen LogP contribution in [0.4, 0.5) is 37.7 Å². The minimum Gasteiger partial charge on any atom is -0.335 e. The van der Waals surface area contributed by atoms with E-state index < -0.39 is 54.0 Å². The lowest BCUT2D eigenvalue weighted by Gasteiger charge is -2.27. The number of amides is 1. The van der Waals surface area contributed by atoms with Gasteiger partial charge < -0.3 is 15.0 Å². The zero-order valence-electron chi connectivity index (χ0n) is 17.1. The number of carbonyl (C=O) groups is 1. The summed E-state index contributed by atoms with van der Waals surface area (Å²) < 4.78 is 85.6. The number of carbonyl (C=O) groups excluding carboxylic acids is 1. The van der Waals surface area contributed by atoms with Crippen LogP contribution in [0.25, 0.3) is 0 Å². The number of benzene rings is 2. The van der Waals surface area contributed by atoms with Gasteiger partial charge in [0.25, 0.3) is 5.91 Å². The van der Waals surface area contributed by atoms with Gasteiger partial charge in [-0.05, 0) is 42.8 Å². The molecule has 1 heterocycles. The fraction of sp³-hybridized carbons (Fsp3) is 0.286. The molecular weight excluding hydrogens is 490 g/mol. The second kappa shape index (κ2) is 9.05. The van der Waals surface area contributed by atoms with Gasteiger partial charge in [-0.25, -0.2) is 0 Å². The normalized spacial score (nSPS) is 18.4. The molecule has 6 nitrogen and oxygen atoms in total. The fourth-order valence-corrected chi connectivity index (χ4v) is 3.71. The van der Waals surface area contributed by atoms with Crippen LogP contribution in [-0.2, 0) is 15.7 Å². The molecule has 2 atom stereocenters. The largest absolute Gasteiger partial charge is 0.433 e. The first-order chi connectivity index (χ1) is 15.8. The molecule has 2 aromatic rings. The van der Waals surface area contributed by atoms with E-state index in [0.29, 0.717) is 16.5 Å². The molecule has 1 saturated heterocycles. The number of hydrogen-bond acceptors (Lipinski definition) is 5. The zero-order valence-corrected chi connectivity index (χ0v) is 17.8. The molecule has 13 heteroatoms. The van der Waals surface area contributed by atoms with Gasteiger partial charge in [0, 0.05) is 5.69 Å². The molecule has 0 spiro atoms. The van der Waals surface area contributed by atoms with E-state index in [4.69, 9.17) is 26.9 Å². The second-order valence-corrected chi connectivity index (χ2v) is 7.67. The molecule has 34 heavy (non-hydrogen) atoms. The Balaban J connectivity index is 1.93. The fourth-order valence-electron chi connectivity index (χ4n) is 3.40. The molecule has 2 unspecified atom stereocenters. The molecule has 0 aliphatic carbocycles. The first-order valence-electron chi connectivity index (χ1n) is 9.37. The van der Waals surface area contributed by atoms with Crippen LogP contribution in [0.1, 0.15) is 22.3 Å². The summed E-state index contributed by atoms with van der Waals surface area (Å²) in [5.41, 5.74) is -2.10. The first-order valence-corrected chi connectivity index (χ1v) is 9.75. The van der Waals surface area contributed by atoms with E-state index in [1.807, 2.05) is 6.07 Å². The molecule has 0 aromatic heterocycles. The van der Waals surface area contributed by atoms with Crippen LogP contribution in [0.15, 0.2) is 30.3 Å². The van der Waals surface area contributed by atoms with Gasteiger partial charge in [0.15, 0.2) is 6.10 Å². The maximum atomic E-state index is 13.6. The van der Waals surface area contributed by atoms with Crippen molar-refractivity contribution in [3.05, 3.63) is 57.6 Å². The van der Waals surface area contributed by atoms with E-state index in [9.17, 15) is 31.1 Å². The van der Waals surface area contributed by atoms with Crippen LogP contribution in [-0.4, -0.2) is 31.0 Å². The van der Waals surface area contributed by atoms with Crippen molar-refractivity contribution in [1.82, 2.24) is 0 Å². The molecule has 1 aliphatic rings. The number of anilines is 2. The number of ether oxygens (including phenoxy) is 1. The summed E-state index contributed by atoms with van der Waals surface area (Å²) in [5, 5.41) is 20.2. The van der Waals surface area contributed by atoms with Gasteiger partial charge >= 0.3 is 12.4 Å². The predicted molar refractivity (Wildman–Crippen MR) is 108 cm³/mol. The van der Waals surface area contributed by atoms with Gasteiger partial charge in [-0.15, -0.1) is 0 Å². The Bertz CT molecular complexity index is 1190. The van der Waals surface area contributed by atoms with E-state index in [1.54, 1.807) is 0 Å². The number of hydrogen-bond donors (Lipinski definition) is 1. The summed E-state index contributed by atoms with van der Waals surface area (Å²) in [6, 6.07) is 7.92. The lowest BCUT2D eigenvalue weighted by atomic mass is 10.1. The molecule has 1 fully saturated rings. The third kappa shape index (κ3) is 5.03. The molecule has 3 rings (SSSR count). The SMILES string of the molecule is Cc1cc(C#N)cc(Cl)c1NC(=O)C1CN(c2ccc(C#N)c(C(F)(F)F)c2)C(C(F)(F)F)O1. The van der Waals surface area contributed by atoms with Crippen molar-refractivity contribution in [3.8, 4) is 12.1 Å². The molecule has 0 radical (unpaired) electrons. The number of alkyl halides is 6. The van der Waals surface area contributed by atoms with Gasteiger partial charge in [0.1, 0.15) is 0 Å². The van der Waals surface area contributed by atoms with Crippen molar-refractivity contribution >= 4 is 28.9 Å². The Morgan fingerprint density at radius 3 is 2.35 bits per heavy atom. The summed E-state index contributed by atoms with van der Waals surface area (Å²) >= 11 is 6.05. The minimum atomic E-state index is -5.05. The molecule has 1 aliphatic heterocycles. The van der Waals surface area contributed by atoms with Crippen LogP contribution >= 0.6 is 11.6 Å². The first kappa shape index (κ1) is 25.1. The van der Waals surface area contributed by atoms with Crippen molar-refractivity contribution in [2.24, 2.45) is 0 Å². The van der Waals surface area contributed by atoms with E-state index in [-0.39, 0.29) is 16.3 Å². The standard InChI is InChI=1S/C21H13ClF6N4O2/c1-10-4-11(7-29)5-15(22)17(10)31-18(33)16-9-32(19(34-16)21(26,27)28)13-3-2-12(8-30)14(6-13)20(23,24)25/h2-6,16,19H,9H2,1H3,(H,31,33). The van der Waals surface area contributed by atoms with Gasteiger partial charge in [-0.1, -0.05) is 11.6 Å². The summed E-state index contributed by atoms with van der Waals surface area (Å²) in [5.74, 6) is -1.02. The summed E-state index contributed by atoms with van der Waals surface area (Å²) in [7, 11) is 0. The average molecular weight is 503 g/mol. The molecule has 0 saturated carbocycles. The van der Waals surface area contributed by atoms with Crippen molar-refractivity contribution in [1.29, 1.82) is 10.5 Å². The average Bonchev–Trinajstić information content (AvgIpc) is 3.21. The number of nitrogens with zero attached hydrogens (tertiary/aromatic N) is 3. The molecular formula is C21H13ClF6N4O2. The maximum Gasteiger partial charge on any atom is 0.433 e. The Hall–Kier alpha value is -3.48. The van der Waals surface area contributed by atoms with Crippen LogP contribution in [0.5, 0.6) is 0 Å². The van der Waals surface area contributed by atoms with Crippen molar-refractivity contribution < 1.29 is 35.9 Å². The predicted octanol–water partition coefficient (Wildman–Crippen LogP) is 5.14. The van der Waals surface area contributed by atoms with Gasteiger partial charge in [-0.2, -0.15) is 36.9 Å². The number of nitrogens with one attached hydrogen (secondary N) is 1. The number of aryl methyl sites for hydroxylation is 1. The lowest BCUT2D eigenvalue weighted by Crippen LogP contribution is -2.42. The van der Waals surface area contributed by atoms with Gasteiger partial charge in [-0.3, -0.25) is 4.79 Å². The van der Waals surface area contributed by atoms with E-state index >= 15 is 0 Å². The molecule has 1 amide bonds. The van der Waals surface area contributed by atoms with Crippen LogP contribution in [0, 0.1) is 29.6 Å². The molecule has 2 aromatic carbocycles. The highest BCUT2D eigenvalue weighted by Gasteiger charge is 2.52. The van der Waals surface area contributed by atoms with Crippen LogP contribution < -0.4 is 10.2 Å². The number of nitriles is 2.